The first kappa shape index (κ1) is 38.9. The second kappa shape index (κ2) is 18.8. The minimum atomic E-state index is -3.21. The van der Waals surface area contributed by atoms with Crippen molar-refractivity contribution in [2.75, 3.05) is 45.5 Å². The van der Waals surface area contributed by atoms with Crippen LogP contribution in [0.1, 0.15) is 92.1 Å². The molecule has 1 heterocycles. The molecule has 256 valence electrons. The van der Waals surface area contributed by atoms with Crippen molar-refractivity contribution >= 4 is 25.3 Å². The number of unbranched alkanes of at least 4 members (excludes halogenated alkanes) is 2. The molecule has 2 N–H and O–H groups in total. The van der Waals surface area contributed by atoms with E-state index in [4.69, 9.17) is 24.5 Å². The van der Waals surface area contributed by atoms with Crippen molar-refractivity contribution in [1.29, 1.82) is 0 Å². The maximum Gasteiger partial charge on any atom is 0.326 e. The molecule has 1 aromatic rings. The molecule has 0 spiro atoms. The molecule has 0 saturated carbocycles. The number of ether oxygens (including phenoxy) is 3. The average molecular weight is 653 g/mol. The molecule has 1 aliphatic rings. The highest BCUT2D eigenvalue weighted by atomic mass is 31.2. The maximum atomic E-state index is 14.4. The molecule has 2 rings (SSSR count). The van der Waals surface area contributed by atoms with Gasteiger partial charge in [0.25, 0.3) is 0 Å². The zero-order valence-corrected chi connectivity index (χ0v) is 29.3. The van der Waals surface area contributed by atoms with Gasteiger partial charge in [0, 0.05) is 18.9 Å². The summed E-state index contributed by atoms with van der Waals surface area (Å²) >= 11 is 0. The highest BCUT2D eigenvalue weighted by Gasteiger charge is 2.36. The highest BCUT2D eigenvalue weighted by Crippen LogP contribution is 2.50. The van der Waals surface area contributed by atoms with E-state index in [2.05, 4.69) is 17.0 Å². The van der Waals surface area contributed by atoms with Crippen LogP contribution in [0.2, 0.25) is 0 Å². The summed E-state index contributed by atoms with van der Waals surface area (Å²) < 4.78 is 36.2. The van der Waals surface area contributed by atoms with E-state index in [1.807, 2.05) is 18.2 Å². The Morgan fingerprint density at radius 2 is 1.56 bits per heavy atom. The largest absolute Gasteiger partial charge is 0.438 e. The van der Waals surface area contributed by atoms with E-state index in [9.17, 15) is 18.9 Å². The Labute approximate surface area is 270 Å². The summed E-state index contributed by atoms with van der Waals surface area (Å²) in [5.41, 5.74) is 5.63. The minimum absolute atomic E-state index is 0.0260. The number of nitrogens with two attached hydrogens (primary N) is 1. The molecule has 2 unspecified atom stereocenters. The van der Waals surface area contributed by atoms with Crippen molar-refractivity contribution in [3.05, 3.63) is 35.9 Å². The zero-order chi connectivity index (χ0) is 33.5. The van der Waals surface area contributed by atoms with Crippen molar-refractivity contribution in [3.63, 3.8) is 0 Å². The first-order chi connectivity index (χ1) is 21.1. The normalized spacial score (nSPS) is 17.8. The Morgan fingerprint density at radius 1 is 0.911 bits per heavy atom. The van der Waals surface area contributed by atoms with E-state index < -0.39 is 48.9 Å². The Bertz CT molecular complexity index is 1100. The fraction of sp³-hybridized carbons (Fsp3) is 0.735. The van der Waals surface area contributed by atoms with E-state index in [0.29, 0.717) is 44.8 Å². The third kappa shape index (κ3) is 14.8. The van der Waals surface area contributed by atoms with Gasteiger partial charge in [-0.1, -0.05) is 36.8 Å². The van der Waals surface area contributed by atoms with Crippen molar-refractivity contribution < 1.29 is 37.7 Å². The second-order valence-corrected chi connectivity index (χ2v) is 16.9. The predicted molar refractivity (Wildman–Crippen MR) is 176 cm³/mol. The van der Waals surface area contributed by atoms with Gasteiger partial charge in [-0.3, -0.25) is 28.4 Å². The van der Waals surface area contributed by atoms with Crippen LogP contribution in [0, 0.1) is 16.7 Å². The summed E-state index contributed by atoms with van der Waals surface area (Å²) in [5, 5.41) is 0. The molecule has 10 nitrogen and oxygen atoms in total. The van der Waals surface area contributed by atoms with Gasteiger partial charge in [0.2, 0.25) is 14.2 Å². The lowest BCUT2D eigenvalue weighted by Gasteiger charge is -2.30. The molecule has 1 aliphatic heterocycles. The molecular weight excluding hydrogens is 595 g/mol. The van der Waals surface area contributed by atoms with Gasteiger partial charge < -0.3 is 19.9 Å². The highest BCUT2D eigenvalue weighted by molar-refractivity contribution is 7.59. The van der Waals surface area contributed by atoms with Gasteiger partial charge in [0.05, 0.1) is 10.8 Å². The van der Waals surface area contributed by atoms with Crippen LogP contribution in [-0.4, -0.2) is 74.4 Å². The molecular formula is C34H57N2O8P. The third-order valence-electron chi connectivity index (χ3n) is 7.88. The number of likely N-dealkylation sites (tertiary alicyclic amines) is 1. The molecule has 1 fully saturated rings. The van der Waals surface area contributed by atoms with E-state index in [1.54, 1.807) is 41.5 Å². The van der Waals surface area contributed by atoms with Crippen LogP contribution in [0.25, 0.3) is 0 Å². The predicted octanol–water partition coefficient (Wildman–Crippen LogP) is 6.15. The number of carbonyl (C=O) groups excluding carboxylic acids is 3. The topological polar surface area (TPSA) is 134 Å². The molecule has 11 heteroatoms. The van der Waals surface area contributed by atoms with E-state index in [1.165, 1.54) is 5.56 Å². The zero-order valence-electron chi connectivity index (χ0n) is 28.4. The summed E-state index contributed by atoms with van der Waals surface area (Å²) in [7, 11) is -3.21. The van der Waals surface area contributed by atoms with Crippen LogP contribution in [-0.2, 0) is 44.1 Å². The molecule has 1 aromatic carbocycles. The number of rotatable bonds is 19. The smallest absolute Gasteiger partial charge is 0.326 e. The average Bonchev–Trinajstić information content (AvgIpc) is 3.43. The molecule has 45 heavy (non-hydrogen) atoms. The molecule has 0 aliphatic carbocycles. The Morgan fingerprint density at radius 3 is 2.18 bits per heavy atom. The summed E-state index contributed by atoms with van der Waals surface area (Å²) in [6.45, 7) is 11.5. The quantitative estimate of drug-likeness (QED) is 0.0803. The molecule has 0 bridgehead atoms. The van der Waals surface area contributed by atoms with Crippen molar-refractivity contribution in [1.82, 2.24) is 4.90 Å². The Balaban J connectivity index is 2.09. The standard InChI is InChI=1S/C34H57N2O8P/c1-33(2,3)31(38)42-25-41-30(37)29-19-14-21-36(29)23-28(18-10-12-20-35)24-45(40,44-26-43-32(39)34(4,5)6)22-13-11-17-27-15-8-7-9-16-27/h7-9,15-16,28-29H,10-14,17-26,35H2,1-6H3/t28?,29-,45?/m0/s1. The lowest BCUT2D eigenvalue weighted by molar-refractivity contribution is -0.175. The van der Waals surface area contributed by atoms with Gasteiger partial charge in [-0.25, -0.2) is 0 Å². The van der Waals surface area contributed by atoms with Gasteiger partial charge in [-0.15, -0.1) is 0 Å². The maximum absolute atomic E-state index is 14.4. The molecule has 3 atom stereocenters. The fourth-order valence-electron chi connectivity index (χ4n) is 5.24. The van der Waals surface area contributed by atoms with Gasteiger partial charge in [-0.05, 0) is 111 Å². The van der Waals surface area contributed by atoms with Crippen LogP contribution in [0.3, 0.4) is 0 Å². The van der Waals surface area contributed by atoms with Gasteiger partial charge in [-0.2, -0.15) is 0 Å². The molecule has 0 aromatic heterocycles. The lowest BCUT2D eigenvalue weighted by Crippen LogP contribution is -2.41. The van der Waals surface area contributed by atoms with Crippen molar-refractivity contribution in [2.24, 2.45) is 22.5 Å². The number of esters is 3. The number of hydrogen-bond donors (Lipinski definition) is 1. The van der Waals surface area contributed by atoms with Gasteiger partial charge in [0.1, 0.15) is 6.04 Å². The second-order valence-electron chi connectivity index (χ2n) is 14.2. The molecule has 1 saturated heterocycles. The Kier molecular flexibility index (Phi) is 16.2. The number of benzene rings is 1. The van der Waals surface area contributed by atoms with Crippen LogP contribution in [0.5, 0.6) is 0 Å². The number of aryl methyl sites for hydroxylation is 1. The number of carbonyl (C=O) groups is 3. The first-order valence-electron chi connectivity index (χ1n) is 16.4. The van der Waals surface area contributed by atoms with Crippen LogP contribution in [0.15, 0.2) is 30.3 Å². The van der Waals surface area contributed by atoms with Gasteiger partial charge >= 0.3 is 17.9 Å². The SMILES string of the molecule is CC(C)(C)C(=O)OCOC(=O)[C@@H]1CCCN1CC(CCCCN)CP(=O)(CCCCc1ccccc1)OCOC(=O)C(C)(C)C. The van der Waals surface area contributed by atoms with Crippen molar-refractivity contribution in [2.45, 2.75) is 99.0 Å². The summed E-state index contributed by atoms with van der Waals surface area (Å²) in [6.07, 6.45) is 7.08. The van der Waals surface area contributed by atoms with E-state index in [0.717, 1.165) is 38.5 Å². The molecule has 0 amide bonds. The van der Waals surface area contributed by atoms with Crippen LogP contribution < -0.4 is 5.73 Å². The van der Waals surface area contributed by atoms with E-state index >= 15 is 0 Å². The number of hydrogen-bond acceptors (Lipinski definition) is 10. The fourth-order valence-corrected chi connectivity index (χ4v) is 7.69. The Hall–Kier alpha value is -2.26. The minimum Gasteiger partial charge on any atom is -0.438 e. The van der Waals surface area contributed by atoms with Gasteiger partial charge in [0.15, 0.2) is 6.79 Å². The summed E-state index contributed by atoms with van der Waals surface area (Å²) in [5.74, 6) is -1.30. The summed E-state index contributed by atoms with van der Waals surface area (Å²) in [6, 6.07) is 9.72. The third-order valence-corrected chi connectivity index (χ3v) is 10.5. The van der Waals surface area contributed by atoms with Crippen LogP contribution >= 0.6 is 7.37 Å². The van der Waals surface area contributed by atoms with Crippen LogP contribution in [0.4, 0.5) is 0 Å². The molecule has 0 radical (unpaired) electrons. The first-order valence-corrected chi connectivity index (χ1v) is 18.4. The van der Waals surface area contributed by atoms with E-state index in [-0.39, 0.29) is 12.7 Å². The number of nitrogens with zero attached hydrogens (tertiary/aromatic N) is 1. The lowest BCUT2D eigenvalue weighted by atomic mass is 9.97. The summed E-state index contributed by atoms with van der Waals surface area (Å²) in [4.78, 5) is 39.5. The van der Waals surface area contributed by atoms with Crippen molar-refractivity contribution in [3.8, 4) is 0 Å². The monoisotopic (exact) mass is 652 g/mol.